The molecular weight excluding hydrogens is 350 g/mol. The predicted octanol–water partition coefficient (Wildman–Crippen LogP) is 3.66. The summed E-state index contributed by atoms with van der Waals surface area (Å²) in [5.74, 6) is -0.536. The van der Waals surface area contributed by atoms with Gasteiger partial charge in [0.1, 0.15) is 0 Å². The quantitative estimate of drug-likeness (QED) is 0.672. The van der Waals surface area contributed by atoms with E-state index in [4.69, 9.17) is 11.6 Å². The lowest BCUT2D eigenvalue weighted by molar-refractivity contribution is -0.384. The Morgan fingerprint density at radius 3 is 2.80 bits per heavy atom. The number of aromatic nitrogens is 1. The van der Waals surface area contributed by atoms with Crippen LogP contribution in [-0.4, -0.2) is 15.8 Å². The second kappa shape index (κ2) is 5.98. The van der Waals surface area contributed by atoms with Gasteiger partial charge in [0.15, 0.2) is 0 Å². The van der Waals surface area contributed by atoms with Crippen LogP contribution in [0.1, 0.15) is 10.4 Å². The number of anilines is 1. The first-order valence-corrected chi connectivity index (χ1v) is 6.51. The number of hydrogen-bond acceptors (Lipinski definition) is 4. The Morgan fingerprint density at radius 2 is 2.15 bits per heavy atom. The Hall–Kier alpha value is -1.99. The molecule has 0 radical (unpaired) electrons. The molecule has 1 aromatic carbocycles. The minimum absolute atomic E-state index is 0.0320. The normalized spacial score (nSPS) is 10.1. The molecule has 1 heterocycles. The number of halogens is 2. The molecule has 2 rings (SSSR count). The molecule has 0 atom stereocenters. The van der Waals surface area contributed by atoms with Gasteiger partial charge >= 0.3 is 0 Å². The van der Waals surface area contributed by atoms with Crippen LogP contribution in [-0.2, 0) is 0 Å². The van der Waals surface area contributed by atoms with Gasteiger partial charge < -0.3 is 5.32 Å². The summed E-state index contributed by atoms with van der Waals surface area (Å²) in [6, 6.07) is 5.28. The summed E-state index contributed by atoms with van der Waals surface area (Å²) in [4.78, 5) is 26.1. The van der Waals surface area contributed by atoms with Crippen LogP contribution in [0.15, 0.2) is 41.1 Å². The number of non-ortho nitro benzene ring substituents is 1. The van der Waals surface area contributed by atoms with Crippen LogP contribution in [0, 0.1) is 10.1 Å². The van der Waals surface area contributed by atoms with E-state index >= 15 is 0 Å². The van der Waals surface area contributed by atoms with Crippen LogP contribution in [0.5, 0.6) is 0 Å². The van der Waals surface area contributed by atoms with Gasteiger partial charge in [0, 0.05) is 24.5 Å². The molecule has 0 saturated heterocycles. The molecule has 0 unspecified atom stereocenters. The Kier molecular flexibility index (Phi) is 4.31. The zero-order valence-electron chi connectivity index (χ0n) is 9.84. The van der Waals surface area contributed by atoms with Crippen molar-refractivity contribution in [3.8, 4) is 0 Å². The topological polar surface area (TPSA) is 85.1 Å². The Balaban J connectivity index is 2.32. The van der Waals surface area contributed by atoms with E-state index in [9.17, 15) is 14.9 Å². The highest BCUT2D eigenvalue weighted by Crippen LogP contribution is 2.25. The van der Waals surface area contributed by atoms with Gasteiger partial charge in [-0.05, 0) is 28.1 Å². The first kappa shape index (κ1) is 14.4. The van der Waals surface area contributed by atoms with E-state index in [0.29, 0.717) is 10.2 Å². The lowest BCUT2D eigenvalue weighted by Gasteiger charge is -2.08. The molecule has 8 heteroatoms. The molecule has 6 nitrogen and oxygen atoms in total. The highest BCUT2D eigenvalue weighted by Gasteiger charge is 2.16. The van der Waals surface area contributed by atoms with Crippen LogP contribution >= 0.6 is 27.5 Å². The highest BCUT2D eigenvalue weighted by molar-refractivity contribution is 9.10. The molecule has 2 aromatic rings. The third-order valence-electron chi connectivity index (χ3n) is 2.43. The second-order valence-corrected chi connectivity index (χ2v) is 4.99. The Labute approximate surface area is 127 Å². The van der Waals surface area contributed by atoms with Crippen molar-refractivity contribution in [3.63, 3.8) is 0 Å². The average Bonchev–Trinajstić information content (AvgIpc) is 2.41. The van der Waals surface area contributed by atoms with Crippen molar-refractivity contribution in [1.82, 2.24) is 4.98 Å². The first-order valence-electron chi connectivity index (χ1n) is 5.34. The van der Waals surface area contributed by atoms with E-state index in [1.807, 2.05) is 0 Å². The third-order valence-corrected chi connectivity index (χ3v) is 3.39. The second-order valence-electron chi connectivity index (χ2n) is 3.73. The van der Waals surface area contributed by atoms with Gasteiger partial charge in [0.25, 0.3) is 11.6 Å². The number of nitro groups is 1. The predicted molar refractivity (Wildman–Crippen MR) is 78.0 cm³/mol. The van der Waals surface area contributed by atoms with Crippen molar-refractivity contribution in [2.24, 2.45) is 0 Å². The van der Waals surface area contributed by atoms with Gasteiger partial charge in [-0.3, -0.25) is 19.9 Å². The number of nitrogens with one attached hydrogen (secondary N) is 1. The van der Waals surface area contributed by atoms with Crippen molar-refractivity contribution in [1.29, 1.82) is 0 Å². The number of nitrogens with zero attached hydrogens (tertiary/aromatic N) is 2. The summed E-state index contributed by atoms with van der Waals surface area (Å²) >= 11 is 9.13. The standard InChI is InChI=1S/C12H7BrClN3O3/c13-9-6-15-4-3-11(9)16-12(18)8-5-7(17(19)20)1-2-10(8)14/h1-6H,(H,15,16,18). The minimum atomic E-state index is -0.588. The van der Waals surface area contributed by atoms with Gasteiger partial charge in [-0.15, -0.1) is 0 Å². The number of rotatable bonds is 3. The zero-order valence-corrected chi connectivity index (χ0v) is 12.2. The van der Waals surface area contributed by atoms with Gasteiger partial charge in [0.05, 0.1) is 25.7 Å². The van der Waals surface area contributed by atoms with Gasteiger partial charge in [-0.25, -0.2) is 0 Å². The highest BCUT2D eigenvalue weighted by atomic mass is 79.9. The molecule has 0 saturated carbocycles. The average molecular weight is 357 g/mol. The van der Waals surface area contributed by atoms with E-state index < -0.39 is 10.8 Å². The Bertz CT molecular complexity index is 693. The smallest absolute Gasteiger partial charge is 0.270 e. The first-order chi connectivity index (χ1) is 9.49. The van der Waals surface area contributed by atoms with E-state index in [1.54, 1.807) is 6.07 Å². The van der Waals surface area contributed by atoms with Gasteiger partial charge in [-0.1, -0.05) is 11.6 Å². The van der Waals surface area contributed by atoms with E-state index in [0.717, 1.165) is 6.07 Å². The fourth-order valence-corrected chi connectivity index (χ4v) is 2.02. The van der Waals surface area contributed by atoms with Crippen molar-refractivity contribution in [2.75, 3.05) is 5.32 Å². The number of carbonyl (C=O) groups is 1. The Morgan fingerprint density at radius 1 is 1.40 bits per heavy atom. The molecule has 0 aliphatic heterocycles. The maximum atomic E-state index is 12.1. The van der Waals surface area contributed by atoms with Crippen molar-refractivity contribution in [3.05, 3.63) is 61.8 Å². The minimum Gasteiger partial charge on any atom is -0.321 e. The maximum absolute atomic E-state index is 12.1. The fraction of sp³-hybridized carbons (Fsp3) is 0. The summed E-state index contributed by atoms with van der Waals surface area (Å²) in [6.45, 7) is 0. The molecule has 1 amide bonds. The number of pyridine rings is 1. The SMILES string of the molecule is O=C(Nc1ccncc1Br)c1cc([N+](=O)[O-])ccc1Cl. The summed E-state index contributed by atoms with van der Waals surface area (Å²) in [7, 11) is 0. The number of hydrogen-bond donors (Lipinski definition) is 1. The molecule has 1 aromatic heterocycles. The molecule has 102 valence electrons. The monoisotopic (exact) mass is 355 g/mol. The van der Waals surface area contributed by atoms with Crippen LogP contribution in [0.4, 0.5) is 11.4 Å². The van der Waals surface area contributed by atoms with Crippen LogP contribution in [0.2, 0.25) is 5.02 Å². The molecule has 0 bridgehead atoms. The van der Waals surface area contributed by atoms with E-state index in [2.05, 4.69) is 26.2 Å². The molecule has 1 N–H and O–H groups in total. The van der Waals surface area contributed by atoms with E-state index in [-0.39, 0.29) is 16.3 Å². The maximum Gasteiger partial charge on any atom is 0.270 e. The van der Waals surface area contributed by atoms with Crippen LogP contribution < -0.4 is 5.32 Å². The van der Waals surface area contributed by atoms with Gasteiger partial charge in [-0.2, -0.15) is 0 Å². The van der Waals surface area contributed by atoms with Crippen LogP contribution in [0.25, 0.3) is 0 Å². The lowest BCUT2D eigenvalue weighted by atomic mass is 10.2. The van der Waals surface area contributed by atoms with Crippen LogP contribution in [0.3, 0.4) is 0 Å². The molecule has 0 fully saturated rings. The molecule has 20 heavy (non-hydrogen) atoms. The molecule has 0 aliphatic carbocycles. The number of benzene rings is 1. The van der Waals surface area contributed by atoms with Crippen molar-refractivity contribution < 1.29 is 9.72 Å². The number of carbonyl (C=O) groups excluding carboxylic acids is 1. The summed E-state index contributed by atoms with van der Waals surface area (Å²) < 4.78 is 0.593. The fourth-order valence-electron chi connectivity index (χ4n) is 1.47. The zero-order chi connectivity index (χ0) is 14.7. The molecule has 0 aliphatic rings. The summed E-state index contributed by atoms with van der Waals surface area (Å²) in [6.07, 6.45) is 3.03. The number of nitro benzene ring substituents is 1. The van der Waals surface area contributed by atoms with E-state index in [1.165, 1.54) is 24.5 Å². The third kappa shape index (κ3) is 3.12. The van der Waals surface area contributed by atoms with Gasteiger partial charge in [0.2, 0.25) is 0 Å². The number of amides is 1. The molecule has 0 spiro atoms. The lowest BCUT2D eigenvalue weighted by Crippen LogP contribution is -2.13. The summed E-state index contributed by atoms with van der Waals surface area (Å²) in [5.41, 5.74) is 0.325. The van der Waals surface area contributed by atoms with Crippen molar-refractivity contribution in [2.45, 2.75) is 0 Å². The van der Waals surface area contributed by atoms with Crippen molar-refractivity contribution >= 4 is 44.8 Å². The molecular formula is C12H7BrClN3O3. The summed E-state index contributed by atoms with van der Waals surface area (Å²) in [5, 5.41) is 13.5. The largest absolute Gasteiger partial charge is 0.321 e.